The molecule has 2 aliphatic rings. The van der Waals surface area contributed by atoms with Crippen molar-refractivity contribution in [2.75, 3.05) is 0 Å². The predicted octanol–water partition coefficient (Wildman–Crippen LogP) is 2.46. The minimum absolute atomic E-state index is 0.270. The van der Waals surface area contributed by atoms with Crippen LogP contribution in [0, 0.1) is 0 Å². The van der Waals surface area contributed by atoms with E-state index in [2.05, 4.69) is 6.92 Å². The molecule has 0 aromatic heterocycles. The highest BCUT2D eigenvalue weighted by Crippen LogP contribution is 2.50. The number of rotatable bonds is 5. The van der Waals surface area contributed by atoms with Gasteiger partial charge in [-0.1, -0.05) is 32.6 Å². The first-order valence-electron chi connectivity index (χ1n) is 5.51. The molecule has 0 spiro atoms. The van der Waals surface area contributed by atoms with Crippen LogP contribution in [0.5, 0.6) is 0 Å². The maximum absolute atomic E-state index is 11.5. The Bertz CT molecular complexity index is 212. The van der Waals surface area contributed by atoms with Gasteiger partial charge in [-0.25, -0.2) is 0 Å². The van der Waals surface area contributed by atoms with Crippen molar-refractivity contribution in [2.24, 2.45) is 0 Å². The zero-order valence-corrected chi connectivity index (χ0v) is 8.34. The summed E-state index contributed by atoms with van der Waals surface area (Å²) in [6.45, 7) is 2.20. The Balaban J connectivity index is 1.73. The van der Waals surface area contributed by atoms with Crippen molar-refractivity contribution in [1.29, 1.82) is 0 Å². The smallest absolute Gasteiger partial charge is 0.167 e. The van der Waals surface area contributed by atoms with Gasteiger partial charge in [0.25, 0.3) is 0 Å². The summed E-state index contributed by atoms with van der Waals surface area (Å²) >= 11 is 0. The van der Waals surface area contributed by atoms with E-state index in [-0.39, 0.29) is 5.60 Å². The molecule has 0 radical (unpaired) electrons. The summed E-state index contributed by atoms with van der Waals surface area (Å²) in [5, 5.41) is 0. The number of unbranched alkanes of at least 4 members (excludes halogenated alkanes) is 3. The van der Waals surface area contributed by atoms with Crippen molar-refractivity contribution in [1.82, 2.24) is 0 Å². The molecule has 1 aliphatic heterocycles. The summed E-state index contributed by atoms with van der Waals surface area (Å²) in [5.41, 5.74) is -0.270. The number of epoxide rings is 1. The summed E-state index contributed by atoms with van der Waals surface area (Å²) in [5.74, 6) is 0.369. The molecule has 1 saturated carbocycles. The van der Waals surface area contributed by atoms with Crippen LogP contribution in [0.25, 0.3) is 0 Å². The Morgan fingerprint density at radius 3 is 2.85 bits per heavy atom. The van der Waals surface area contributed by atoms with Gasteiger partial charge >= 0.3 is 0 Å². The van der Waals surface area contributed by atoms with Gasteiger partial charge < -0.3 is 4.74 Å². The molecule has 74 valence electrons. The van der Waals surface area contributed by atoms with Crippen molar-refractivity contribution < 1.29 is 9.53 Å². The normalized spacial score (nSPS) is 36.4. The van der Waals surface area contributed by atoms with Crippen molar-refractivity contribution >= 4 is 5.78 Å². The van der Waals surface area contributed by atoms with Crippen molar-refractivity contribution in [3.8, 4) is 0 Å². The van der Waals surface area contributed by atoms with E-state index in [4.69, 9.17) is 4.74 Å². The molecule has 2 atom stereocenters. The topological polar surface area (TPSA) is 29.6 Å². The second-order valence-corrected chi connectivity index (χ2v) is 4.27. The molecule has 1 aliphatic carbocycles. The lowest BCUT2D eigenvalue weighted by Gasteiger charge is -2.06. The quantitative estimate of drug-likeness (QED) is 0.483. The highest BCUT2D eigenvalue weighted by molar-refractivity contribution is 5.93. The van der Waals surface area contributed by atoms with E-state index in [0.29, 0.717) is 11.9 Å². The molecule has 2 heteroatoms. The first-order valence-corrected chi connectivity index (χ1v) is 5.51. The van der Waals surface area contributed by atoms with Crippen LogP contribution in [0.15, 0.2) is 0 Å². The van der Waals surface area contributed by atoms with Gasteiger partial charge in [0.2, 0.25) is 0 Å². The zero-order valence-electron chi connectivity index (χ0n) is 8.34. The maximum atomic E-state index is 11.5. The Morgan fingerprint density at radius 1 is 1.46 bits per heavy atom. The van der Waals surface area contributed by atoms with Crippen molar-refractivity contribution in [2.45, 2.75) is 63.6 Å². The van der Waals surface area contributed by atoms with Crippen LogP contribution >= 0.6 is 0 Å². The minimum atomic E-state index is -0.270. The van der Waals surface area contributed by atoms with E-state index >= 15 is 0 Å². The SMILES string of the molecule is CCCCCCC12OC1CCC2=O. The van der Waals surface area contributed by atoms with E-state index in [1.54, 1.807) is 0 Å². The molecule has 0 aromatic rings. The van der Waals surface area contributed by atoms with Gasteiger partial charge in [-0.3, -0.25) is 4.79 Å². The lowest BCUT2D eigenvalue weighted by atomic mass is 9.98. The van der Waals surface area contributed by atoms with Gasteiger partial charge in [0.05, 0.1) is 6.10 Å². The summed E-state index contributed by atoms with van der Waals surface area (Å²) in [6.07, 6.45) is 7.99. The number of carbonyl (C=O) groups is 1. The molecule has 2 nitrogen and oxygen atoms in total. The predicted molar refractivity (Wildman–Crippen MR) is 50.6 cm³/mol. The second kappa shape index (κ2) is 3.41. The van der Waals surface area contributed by atoms with Crippen LogP contribution in [-0.2, 0) is 9.53 Å². The highest BCUT2D eigenvalue weighted by atomic mass is 16.6. The number of carbonyl (C=O) groups excluding carboxylic acids is 1. The Kier molecular flexibility index (Phi) is 2.41. The fourth-order valence-corrected chi connectivity index (χ4v) is 2.40. The largest absolute Gasteiger partial charge is 0.358 e. The lowest BCUT2D eigenvalue weighted by molar-refractivity contribution is -0.124. The standard InChI is InChI=1S/C11H18O2/c1-2-3-4-5-8-11-9(12)6-7-10(11)13-11/h10H,2-8H2,1H3. The summed E-state index contributed by atoms with van der Waals surface area (Å²) in [6, 6.07) is 0. The number of Topliss-reactive ketones (excluding diaryl/α,β-unsaturated/α-hetero) is 1. The van der Waals surface area contributed by atoms with Crippen molar-refractivity contribution in [3.63, 3.8) is 0 Å². The van der Waals surface area contributed by atoms with Crippen LogP contribution in [0.3, 0.4) is 0 Å². The Labute approximate surface area is 79.7 Å². The van der Waals surface area contributed by atoms with Gasteiger partial charge in [0.15, 0.2) is 11.4 Å². The van der Waals surface area contributed by atoms with E-state index in [1.807, 2.05) is 0 Å². The summed E-state index contributed by atoms with van der Waals surface area (Å²) < 4.78 is 5.48. The third kappa shape index (κ3) is 1.52. The van der Waals surface area contributed by atoms with Gasteiger partial charge in [-0.2, -0.15) is 0 Å². The highest BCUT2D eigenvalue weighted by Gasteiger charge is 2.64. The maximum Gasteiger partial charge on any atom is 0.167 e. The van der Waals surface area contributed by atoms with Crippen LogP contribution in [0.2, 0.25) is 0 Å². The molecule has 2 fully saturated rings. The molecule has 2 rings (SSSR count). The van der Waals surface area contributed by atoms with Gasteiger partial charge in [0, 0.05) is 6.42 Å². The summed E-state index contributed by atoms with van der Waals surface area (Å²) in [7, 11) is 0. The number of hydrogen-bond acceptors (Lipinski definition) is 2. The fraction of sp³-hybridized carbons (Fsp3) is 0.909. The van der Waals surface area contributed by atoms with Crippen molar-refractivity contribution in [3.05, 3.63) is 0 Å². The number of ketones is 1. The first kappa shape index (κ1) is 9.20. The molecular formula is C11H18O2. The van der Waals surface area contributed by atoms with E-state index in [1.165, 1.54) is 19.3 Å². The number of ether oxygens (including phenoxy) is 1. The third-order valence-electron chi connectivity index (χ3n) is 3.32. The molecule has 1 heterocycles. The monoisotopic (exact) mass is 182 g/mol. The third-order valence-corrected chi connectivity index (χ3v) is 3.32. The lowest BCUT2D eigenvalue weighted by Crippen LogP contribution is -2.21. The molecule has 0 bridgehead atoms. The van der Waals surface area contributed by atoms with Crippen LogP contribution in [0.1, 0.15) is 51.9 Å². The van der Waals surface area contributed by atoms with E-state index in [9.17, 15) is 4.79 Å². The van der Waals surface area contributed by atoms with Gasteiger partial charge in [-0.15, -0.1) is 0 Å². The Hall–Kier alpha value is -0.370. The zero-order chi connectivity index (χ0) is 9.31. The fourth-order valence-electron chi connectivity index (χ4n) is 2.40. The number of hydrogen-bond donors (Lipinski definition) is 0. The molecular weight excluding hydrogens is 164 g/mol. The molecule has 0 N–H and O–H groups in total. The Morgan fingerprint density at radius 2 is 2.31 bits per heavy atom. The molecule has 1 saturated heterocycles. The number of fused-ring (bicyclic) bond motifs is 1. The van der Waals surface area contributed by atoms with Crippen LogP contribution in [-0.4, -0.2) is 17.5 Å². The average Bonchev–Trinajstić information content (AvgIpc) is 2.77. The molecule has 13 heavy (non-hydrogen) atoms. The van der Waals surface area contributed by atoms with E-state index in [0.717, 1.165) is 25.7 Å². The second-order valence-electron chi connectivity index (χ2n) is 4.27. The first-order chi connectivity index (χ1) is 6.29. The van der Waals surface area contributed by atoms with Gasteiger partial charge in [0.1, 0.15) is 0 Å². The molecule has 2 unspecified atom stereocenters. The average molecular weight is 182 g/mol. The van der Waals surface area contributed by atoms with E-state index < -0.39 is 0 Å². The molecule has 0 amide bonds. The minimum Gasteiger partial charge on any atom is -0.358 e. The molecule has 0 aromatic carbocycles. The van der Waals surface area contributed by atoms with Gasteiger partial charge in [-0.05, 0) is 12.8 Å². The van der Waals surface area contributed by atoms with Crippen LogP contribution < -0.4 is 0 Å². The summed E-state index contributed by atoms with van der Waals surface area (Å²) in [4.78, 5) is 11.5. The van der Waals surface area contributed by atoms with Crippen LogP contribution in [0.4, 0.5) is 0 Å².